The molecule has 0 radical (unpaired) electrons. The molecule has 2 N–H and O–H groups in total. The molecule has 4 heterocycles. The molecular weight excluding hydrogens is 747 g/mol. The van der Waals surface area contributed by atoms with Gasteiger partial charge in [0.2, 0.25) is 6.08 Å². The van der Waals surface area contributed by atoms with Crippen molar-refractivity contribution in [2.24, 2.45) is 34.4 Å². The SMILES string of the molecule is C.C[C@H]1C[C@@H](CC(=O)CC2CC2)CN(c2ccc(C(F)(F)F)c3ncccc23)C1.C[C@H]1C[C@@H](N)CN(c2ccc(C(F)(F)F)c3ncccc23)C1.O=C=NC1CC1. The Bertz CT molecular complexity index is 2030. The third-order valence-electron chi connectivity index (χ3n) is 10.7. The zero-order valence-electron chi connectivity index (χ0n) is 31.6. The maximum Gasteiger partial charge on any atom is 0.418 e. The topological polar surface area (TPSA) is 105 Å². The van der Waals surface area contributed by atoms with E-state index in [0.29, 0.717) is 66.3 Å². The van der Waals surface area contributed by atoms with E-state index < -0.39 is 23.5 Å². The number of carbonyl (C=O) groups is 1. The fraction of sp³-hybridized carbons (Fsp3) is 0.535. The monoisotopic (exact) mass is 798 g/mol. The molecule has 0 spiro atoms. The van der Waals surface area contributed by atoms with Crippen LogP contribution in [0.1, 0.15) is 83.8 Å². The number of piperidine rings is 2. The summed E-state index contributed by atoms with van der Waals surface area (Å²) in [6.45, 7) is 7.19. The number of isocyanates is 1. The third kappa shape index (κ3) is 11.5. The van der Waals surface area contributed by atoms with Gasteiger partial charge in [0, 0.05) is 79.6 Å². The Balaban J connectivity index is 0.000000190. The Hall–Kier alpha value is -4.55. The number of fused-ring (bicyclic) bond motifs is 2. The number of ketones is 1. The number of hydrogen-bond donors (Lipinski definition) is 1. The zero-order valence-corrected chi connectivity index (χ0v) is 31.6. The molecule has 0 unspecified atom stereocenters. The number of nitrogens with two attached hydrogens (primary N) is 1. The maximum absolute atomic E-state index is 13.4. The van der Waals surface area contributed by atoms with Crippen LogP contribution in [0.15, 0.2) is 65.9 Å². The van der Waals surface area contributed by atoms with Gasteiger partial charge in [0.05, 0.1) is 28.2 Å². The van der Waals surface area contributed by atoms with Crippen molar-refractivity contribution in [1.29, 1.82) is 0 Å². The van der Waals surface area contributed by atoms with Crippen molar-refractivity contribution in [2.75, 3.05) is 36.0 Å². The highest BCUT2D eigenvalue weighted by atomic mass is 19.4. The number of anilines is 2. The van der Waals surface area contributed by atoms with Crippen LogP contribution in [0.2, 0.25) is 0 Å². The minimum atomic E-state index is -4.43. The predicted octanol–water partition coefficient (Wildman–Crippen LogP) is 10.0. The zero-order chi connectivity index (χ0) is 40.2. The number of benzene rings is 2. The Kier molecular flexibility index (Phi) is 14.0. The lowest BCUT2D eigenvalue weighted by Gasteiger charge is -2.38. The lowest BCUT2D eigenvalue weighted by Crippen LogP contribution is -2.46. The number of carbonyl (C=O) groups excluding carboxylic acids is 2. The minimum Gasteiger partial charge on any atom is -0.370 e. The highest BCUT2D eigenvalue weighted by Gasteiger charge is 2.36. The number of rotatable bonds is 7. The highest BCUT2D eigenvalue weighted by Crippen LogP contribution is 2.41. The van der Waals surface area contributed by atoms with Crippen LogP contribution in [-0.2, 0) is 21.9 Å². The molecule has 2 saturated carbocycles. The molecule has 308 valence electrons. The number of aromatic nitrogens is 2. The van der Waals surface area contributed by atoms with E-state index in [1.165, 1.54) is 37.4 Å². The molecule has 4 fully saturated rings. The summed E-state index contributed by atoms with van der Waals surface area (Å²) in [5, 5.41) is 1.05. The van der Waals surface area contributed by atoms with Gasteiger partial charge >= 0.3 is 12.4 Å². The number of pyridine rings is 2. The summed E-state index contributed by atoms with van der Waals surface area (Å²) >= 11 is 0. The van der Waals surface area contributed by atoms with Crippen LogP contribution in [0, 0.1) is 23.7 Å². The van der Waals surface area contributed by atoms with Gasteiger partial charge in [0.1, 0.15) is 5.78 Å². The van der Waals surface area contributed by atoms with Gasteiger partial charge in [-0.2, -0.15) is 26.3 Å². The molecule has 2 aromatic heterocycles. The molecular formula is C43H52F6N6O2. The molecule has 4 aromatic rings. The first-order chi connectivity index (χ1) is 26.6. The van der Waals surface area contributed by atoms with Crippen LogP contribution >= 0.6 is 0 Å². The van der Waals surface area contributed by atoms with Crippen molar-refractivity contribution < 1.29 is 35.9 Å². The van der Waals surface area contributed by atoms with E-state index in [1.807, 2.05) is 0 Å². The summed E-state index contributed by atoms with van der Waals surface area (Å²) < 4.78 is 79.6. The average molecular weight is 799 g/mol. The van der Waals surface area contributed by atoms with Crippen molar-refractivity contribution in [3.05, 3.63) is 72.1 Å². The van der Waals surface area contributed by atoms with E-state index in [-0.39, 0.29) is 30.4 Å². The molecule has 14 heteroatoms. The predicted molar refractivity (Wildman–Crippen MR) is 212 cm³/mol. The summed E-state index contributed by atoms with van der Waals surface area (Å²) in [4.78, 5) is 37.3. The van der Waals surface area contributed by atoms with E-state index in [4.69, 9.17) is 5.73 Å². The molecule has 0 bridgehead atoms. The second-order valence-corrected chi connectivity index (χ2v) is 16.0. The normalized spacial score (nSPS) is 22.3. The molecule has 2 aromatic carbocycles. The number of nitrogens with zero attached hydrogens (tertiary/aromatic N) is 5. The summed E-state index contributed by atoms with van der Waals surface area (Å²) in [6.07, 6.45) is 3.19. The molecule has 0 amide bonds. The first-order valence-corrected chi connectivity index (χ1v) is 19.3. The molecule has 57 heavy (non-hydrogen) atoms. The number of halogens is 6. The maximum atomic E-state index is 13.4. The second kappa shape index (κ2) is 18.4. The number of hydrogen-bond acceptors (Lipinski definition) is 8. The first-order valence-electron chi connectivity index (χ1n) is 19.3. The van der Waals surface area contributed by atoms with Crippen LogP contribution in [0.25, 0.3) is 21.8 Å². The number of alkyl halides is 6. The van der Waals surface area contributed by atoms with Crippen LogP contribution in [0.4, 0.5) is 37.7 Å². The fourth-order valence-electron chi connectivity index (χ4n) is 8.07. The third-order valence-corrected chi connectivity index (χ3v) is 10.7. The van der Waals surface area contributed by atoms with Crippen molar-refractivity contribution in [3.8, 4) is 0 Å². The van der Waals surface area contributed by atoms with Gasteiger partial charge in [0.15, 0.2) is 0 Å². The summed E-state index contributed by atoms with van der Waals surface area (Å²) in [5.41, 5.74) is 6.21. The Morgan fingerprint density at radius 1 is 0.737 bits per heavy atom. The lowest BCUT2D eigenvalue weighted by atomic mass is 9.85. The largest absolute Gasteiger partial charge is 0.418 e. The summed E-state index contributed by atoms with van der Waals surface area (Å²) in [7, 11) is 0. The smallest absolute Gasteiger partial charge is 0.370 e. The molecule has 2 saturated heterocycles. The molecule has 2 aliphatic carbocycles. The van der Waals surface area contributed by atoms with Crippen molar-refractivity contribution in [1.82, 2.24) is 9.97 Å². The van der Waals surface area contributed by atoms with Gasteiger partial charge in [-0.3, -0.25) is 14.8 Å². The summed E-state index contributed by atoms with van der Waals surface area (Å²) in [6, 6.07) is 12.5. The average Bonchev–Trinajstić information content (AvgIpc) is 4.08. The van der Waals surface area contributed by atoms with Gasteiger partial charge in [-0.05, 0) is 111 Å². The van der Waals surface area contributed by atoms with E-state index >= 15 is 0 Å². The lowest BCUT2D eigenvalue weighted by molar-refractivity contribution is -0.137. The van der Waals surface area contributed by atoms with Crippen molar-refractivity contribution >= 4 is 45.0 Å². The Morgan fingerprint density at radius 3 is 1.67 bits per heavy atom. The van der Waals surface area contributed by atoms with Gasteiger partial charge < -0.3 is 15.5 Å². The minimum absolute atomic E-state index is 0. The van der Waals surface area contributed by atoms with E-state index in [9.17, 15) is 35.9 Å². The van der Waals surface area contributed by atoms with E-state index in [1.54, 1.807) is 30.3 Å². The van der Waals surface area contributed by atoms with Gasteiger partial charge in [0.25, 0.3) is 0 Å². The highest BCUT2D eigenvalue weighted by molar-refractivity contribution is 5.95. The standard InChI is InChI=1S/C22H25F3N2O.C16H18F3N3.C4H5NO.CH4/c1-14-9-16(11-17(28)10-15-4-5-15)13-27(12-14)20-7-6-19(22(23,24)25)21-18(20)3-2-8-26-21;1-10-7-11(20)9-22(8-10)14-5-4-13(16(17,18)19)15-12(14)3-2-6-21-15;6-3-5-4-1-2-4;/h2-3,6-8,14-16H,4-5,9-13H2,1H3;2-6,10-11H,7-9,20H2,1H3;4H,1-2H2;1H4/t14-,16-;10-,11+;;/m00../s1. The number of Topliss-reactive ketones (excluding diaryl/α,β-unsaturated/α-hetero) is 1. The van der Waals surface area contributed by atoms with Crippen LogP contribution < -0.4 is 15.5 Å². The fourth-order valence-corrected chi connectivity index (χ4v) is 8.07. The molecule has 2 aliphatic heterocycles. The number of aliphatic imine (C=N–C) groups is 1. The quantitative estimate of drug-likeness (QED) is 0.113. The second-order valence-electron chi connectivity index (χ2n) is 16.0. The molecule has 4 aliphatic rings. The Morgan fingerprint density at radius 2 is 1.23 bits per heavy atom. The molecule has 8 rings (SSSR count). The van der Waals surface area contributed by atoms with Crippen molar-refractivity contribution in [2.45, 2.75) is 97.1 Å². The van der Waals surface area contributed by atoms with Crippen LogP contribution in [0.5, 0.6) is 0 Å². The van der Waals surface area contributed by atoms with Gasteiger partial charge in [-0.25, -0.2) is 9.79 Å². The molecule has 8 nitrogen and oxygen atoms in total. The van der Waals surface area contributed by atoms with Gasteiger partial charge in [-0.15, -0.1) is 0 Å². The van der Waals surface area contributed by atoms with Gasteiger partial charge in [-0.1, -0.05) is 21.3 Å². The van der Waals surface area contributed by atoms with E-state index in [0.717, 1.165) is 62.3 Å². The van der Waals surface area contributed by atoms with E-state index in [2.05, 4.69) is 38.6 Å². The summed E-state index contributed by atoms with van der Waals surface area (Å²) in [5.74, 6) is 1.98. The van der Waals surface area contributed by atoms with Crippen LogP contribution in [-0.4, -0.2) is 60.1 Å². The van der Waals surface area contributed by atoms with Crippen LogP contribution in [0.3, 0.4) is 0 Å². The molecule has 4 atom stereocenters. The Labute approximate surface area is 329 Å². The van der Waals surface area contributed by atoms with Crippen molar-refractivity contribution in [3.63, 3.8) is 0 Å². The first kappa shape index (κ1) is 43.6.